The molecular formula is C5H12Cl2N4. The molecule has 1 rings (SSSR count). The minimum absolute atomic E-state index is 0. The van der Waals surface area contributed by atoms with Crippen molar-refractivity contribution in [3.63, 3.8) is 0 Å². The van der Waals surface area contributed by atoms with Gasteiger partial charge in [-0.1, -0.05) is 0 Å². The molecule has 0 aromatic carbocycles. The fourth-order valence-electron chi connectivity index (χ4n) is 0.578. The second-order valence-corrected chi connectivity index (χ2v) is 1.80. The van der Waals surface area contributed by atoms with E-state index in [1.54, 1.807) is 12.7 Å². The summed E-state index contributed by atoms with van der Waals surface area (Å²) in [6.07, 6.45) is 3.41. The van der Waals surface area contributed by atoms with Gasteiger partial charge in [-0.05, 0) is 7.05 Å². The number of nitrogens with one attached hydrogen (secondary N) is 1. The minimum atomic E-state index is 0. The molecule has 6 heteroatoms. The molecule has 1 heterocycles. The van der Waals surface area contributed by atoms with Gasteiger partial charge < -0.3 is 9.88 Å². The molecule has 0 bridgehead atoms. The van der Waals surface area contributed by atoms with Crippen LogP contribution in [0.4, 0.5) is 0 Å². The summed E-state index contributed by atoms with van der Waals surface area (Å²) in [6.45, 7) is 1.89. The standard InChI is InChI=1S/C5H10N4.2ClH/c1-6-2-3-9-4-7-8-5-9;;/h4-6H,2-3H2,1H3;2*1H. The molecule has 0 saturated carbocycles. The number of hydrogen-bond donors (Lipinski definition) is 1. The van der Waals surface area contributed by atoms with E-state index in [0.29, 0.717) is 0 Å². The lowest BCUT2D eigenvalue weighted by Gasteiger charge is -1.96. The molecule has 0 unspecified atom stereocenters. The highest BCUT2D eigenvalue weighted by molar-refractivity contribution is 5.85. The van der Waals surface area contributed by atoms with Crippen molar-refractivity contribution >= 4 is 24.8 Å². The summed E-state index contributed by atoms with van der Waals surface area (Å²) >= 11 is 0. The molecule has 0 aliphatic rings. The second kappa shape index (κ2) is 7.78. The van der Waals surface area contributed by atoms with Gasteiger partial charge in [-0.25, -0.2) is 0 Å². The Balaban J connectivity index is 0. The van der Waals surface area contributed by atoms with Gasteiger partial charge in [0, 0.05) is 13.1 Å². The molecule has 0 spiro atoms. The maximum Gasteiger partial charge on any atom is 0.119 e. The van der Waals surface area contributed by atoms with E-state index in [1.807, 2.05) is 11.6 Å². The summed E-state index contributed by atoms with van der Waals surface area (Å²) in [5, 5.41) is 10.4. The Labute approximate surface area is 78.2 Å². The largest absolute Gasteiger partial charge is 0.319 e. The third-order valence-corrected chi connectivity index (χ3v) is 1.09. The lowest BCUT2D eigenvalue weighted by Crippen LogP contribution is -2.13. The molecule has 0 radical (unpaired) electrons. The van der Waals surface area contributed by atoms with Crippen LogP contribution >= 0.6 is 24.8 Å². The molecule has 1 N–H and O–H groups in total. The van der Waals surface area contributed by atoms with Crippen LogP contribution in [0.15, 0.2) is 12.7 Å². The van der Waals surface area contributed by atoms with E-state index in [0.717, 1.165) is 13.1 Å². The fraction of sp³-hybridized carbons (Fsp3) is 0.600. The molecule has 1 aromatic heterocycles. The molecule has 1 aromatic rings. The van der Waals surface area contributed by atoms with Gasteiger partial charge >= 0.3 is 0 Å². The molecule has 4 nitrogen and oxygen atoms in total. The van der Waals surface area contributed by atoms with Gasteiger partial charge in [0.1, 0.15) is 12.7 Å². The summed E-state index contributed by atoms with van der Waals surface area (Å²) in [5.74, 6) is 0. The quantitative estimate of drug-likeness (QED) is 0.763. The van der Waals surface area contributed by atoms with Gasteiger partial charge in [-0.15, -0.1) is 35.0 Å². The van der Waals surface area contributed by atoms with Crippen LogP contribution in [0.25, 0.3) is 0 Å². The number of likely N-dealkylation sites (N-methyl/N-ethyl adjacent to an activating group) is 1. The molecule has 0 amide bonds. The zero-order valence-electron chi connectivity index (χ0n) is 6.23. The first-order chi connectivity index (χ1) is 4.43. The van der Waals surface area contributed by atoms with Gasteiger partial charge in [-0.3, -0.25) is 0 Å². The highest BCUT2D eigenvalue weighted by Crippen LogP contribution is 1.78. The van der Waals surface area contributed by atoms with E-state index in [9.17, 15) is 0 Å². The maximum absolute atomic E-state index is 3.66. The normalized spacial score (nSPS) is 8.09. The molecule has 0 saturated heterocycles. The maximum atomic E-state index is 3.66. The molecule has 11 heavy (non-hydrogen) atoms. The smallest absolute Gasteiger partial charge is 0.119 e. The number of nitrogens with zero attached hydrogens (tertiary/aromatic N) is 3. The summed E-state index contributed by atoms with van der Waals surface area (Å²) in [6, 6.07) is 0. The van der Waals surface area contributed by atoms with Crippen molar-refractivity contribution in [2.45, 2.75) is 6.54 Å². The van der Waals surface area contributed by atoms with E-state index >= 15 is 0 Å². The molecule has 0 aliphatic heterocycles. The Kier molecular flexibility index (Phi) is 9.40. The van der Waals surface area contributed by atoms with Crippen LogP contribution in [-0.4, -0.2) is 28.4 Å². The molecule has 0 aliphatic carbocycles. The lowest BCUT2D eigenvalue weighted by atomic mass is 10.6. The first-order valence-corrected chi connectivity index (χ1v) is 2.90. The average Bonchev–Trinajstić information content (AvgIpc) is 2.34. The van der Waals surface area contributed by atoms with Crippen molar-refractivity contribution in [3.05, 3.63) is 12.7 Å². The van der Waals surface area contributed by atoms with Crippen LogP contribution in [0.5, 0.6) is 0 Å². The molecule has 0 atom stereocenters. The zero-order chi connectivity index (χ0) is 6.53. The van der Waals surface area contributed by atoms with Crippen molar-refractivity contribution in [3.8, 4) is 0 Å². The van der Waals surface area contributed by atoms with Crippen LogP contribution in [-0.2, 0) is 6.54 Å². The summed E-state index contributed by atoms with van der Waals surface area (Å²) in [5.41, 5.74) is 0. The third-order valence-electron chi connectivity index (χ3n) is 1.09. The van der Waals surface area contributed by atoms with Gasteiger partial charge in [0.25, 0.3) is 0 Å². The lowest BCUT2D eigenvalue weighted by molar-refractivity contribution is 0.642. The highest BCUT2D eigenvalue weighted by Gasteiger charge is 1.85. The number of hydrogen-bond acceptors (Lipinski definition) is 3. The van der Waals surface area contributed by atoms with Crippen LogP contribution in [0, 0.1) is 0 Å². The van der Waals surface area contributed by atoms with Crippen molar-refractivity contribution in [2.75, 3.05) is 13.6 Å². The Hall–Kier alpha value is -0.320. The number of aromatic nitrogens is 3. The van der Waals surface area contributed by atoms with Crippen LogP contribution in [0.3, 0.4) is 0 Å². The average molecular weight is 199 g/mol. The number of rotatable bonds is 3. The zero-order valence-corrected chi connectivity index (χ0v) is 7.86. The molecular weight excluding hydrogens is 187 g/mol. The van der Waals surface area contributed by atoms with E-state index < -0.39 is 0 Å². The van der Waals surface area contributed by atoms with E-state index in [1.165, 1.54) is 0 Å². The van der Waals surface area contributed by atoms with Crippen molar-refractivity contribution in [1.82, 2.24) is 20.1 Å². The fourth-order valence-corrected chi connectivity index (χ4v) is 0.578. The van der Waals surface area contributed by atoms with Crippen molar-refractivity contribution in [1.29, 1.82) is 0 Å². The van der Waals surface area contributed by atoms with Gasteiger partial charge in [0.15, 0.2) is 0 Å². The van der Waals surface area contributed by atoms with Gasteiger partial charge in [0.2, 0.25) is 0 Å². The Bertz CT molecular complexity index is 154. The predicted molar refractivity (Wildman–Crippen MR) is 48.4 cm³/mol. The summed E-state index contributed by atoms with van der Waals surface area (Å²) < 4.78 is 1.93. The first kappa shape index (κ1) is 13.3. The monoisotopic (exact) mass is 198 g/mol. The van der Waals surface area contributed by atoms with E-state index in [2.05, 4.69) is 15.5 Å². The molecule has 0 fully saturated rings. The van der Waals surface area contributed by atoms with Crippen molar-refractivity contribution in [2.24, 2.45) is 0 Å². The van der Waals surface area contributed by atoms with Gasteiger partial charge in [0.05, 0.1) is 0 Å². The van der Waals surface area contributed by atoms with Gasteiger partial charge in [-0.2, -0.15) is 0 Å². The number of halogens is 2. The first-order valence-electron chi connectivity index (χ1n) is 2.90. The van der Waals surface area contributed by atoms with Crippen molar-refractivity contribution < 1.29 is 0 Å². The minimum Gasteiger partial charge on any atom is -0.319 e. The van der Waals surface area contributed by atoms with Crippen LogP contribution < -0.4 is 5.32 Å². The summed E-state index contributed by atoms with van der Waals surface area (Å²) in [7, 11) is 1.92. The predicted octanol–water partition coefficient (Wildman–Crippen LogP) is 0.341. The second-order valence-electron chi connectivity index (χ2n) is 1.80. The van der Waals surface area contributed by atoms with Crippen LogP contribution in [0.1, 0.15) is 0 Å². The topological polar surface area (TPSA) is 42.7 Å². The SMILES string of the molecule is CNCCn1cnnc1.Cl.Cl. The third kappa shape index (κ3) is 5.01. The highest BCUT2D eigenvalue weighted by atomic mass is 35.5. The Morgan fingerprint density at radius 3 is 2.27 bits per heavy atom. The summed E-state index contributed by atoms with van der Waals surface area (Å²) in [4.78, 5) is 0. The molecule has 66 valence electrons. The Morgan fingerprint density at radius 1 is 1.27 bits per heavy atom. The van der Waals surface area contributed by atoms with E-state index in [-0.39, 0.29) is 24.8 Å². The Morgan fingerprint density at radius 2 is 1.82 bits per heavy atom. The van der Waals surface area contributed by atoms with Crippen LogP contribution in [0.2, 0.25) is 0 Å². The van der Waals surface area contributed by atoms with E-state index in [4.69, 9.17) is 0 Å².